The van der Waals surface area contributed by atoms with Crippen LogP contribution in [-0.2, 0) is 0 Å². The zero-order valence-corrected chi connectivity index (χ0v) is 11.2. The summed E-state index contributed by atoms with van der Waals surface area (Å²) in [6.07, 6.45) is 0. The van der Waals surface area contributed by atoms with E-state index in [9.17, 15) is 4.39 Å². The highest BCUT2D eigenvalue weighted by molar-refractivity contribution is 7.99. The van der Waals surface area contributed by atoms with E-state index >= 15 is 0 Å². The summed E-state index contributed by atoms with van der Waals surface area (Å²) in [6, 6.07) is 4.02. The Hall–Kier alpha value is -2.02. The Morgan fingerprint density at radius 3 is 2.79 bits per heavy atom. The van der Waals surface area contributed by atoms with E-state index in [0.29, 0.717) is 15.7 Å². The fourth-order valence-electron chi connectivity index (χ4n) is 1.43. The standard InChI is InChI=1S/C12H12FN3O2S/c1-6-7(2)18-12(15-6)19-10-4-3-8(13)5-9(10)11(14)16-17/h3-5,17H,1-2H3,(H2,14,16). The van der Waals surface area contributed by atoms with Crippen LogP contribution in [0.25, 0.3) is 0 Å². The molecule has 19 heavy (non-hydrogen) atoms. The molecule has 0 aliphatic carbocycles. The van der Waals surface area contributed by atoms with Crippen LogP contribution in [0.3, 0.4) is 0 Å². The molecule has 3 N–H and O–H groups in total. The number of oxime groups is 1. The predicted octanol–water partition coefficient (Wildman–Crippen LogP) is 2.68. The smallest absolute Gasteiger partial charge is 0.261 e. The molecule has 1 heterocycles. The third-order valence-corrected chi connectivity index (χ3v) is 3.46. The van der Waals surface area contributed by atoms with Gasteiger partial charge in [-0.1, -0.05) is 5.16 Å². The Labute approximate surface area is 113 Å². The Bertz CT molecular complexity index is 620. The summed E-state index contributed by atoms with van der Waals surface area (Å²) in [5.41, 5.74) is 6.60. The molecule has 0 fully saturated rings. The van der Waals surface area contributed by atoms with Crippen LogP contribution in [0, 0.1) is 19.7 Å². The molecule has 7 heteroatoms. The maximum absolute atomic E-state index is 13.2. The molecular weight excluding hydrogens is 269 g/mol. The molecule has 2 aromatic rings. The van der Waals surface area contributed by atoms with Crippen molar-refractivity contribution < 1.29 is 14.0 Å². The van der Waals surface area contributed by atoms with Crippen molar-refractivity contribution in [3.05, 3.63) is 41.0 Å². The molecule has 0 atom stereocenters. The fourth-order valence-corrected chi connectivity index (χ4v) is 2.37. The molecule has 100 valence electrons. The first-order valence-electron chi connectivity index (χ1n) is 5.40. The molecule has 1 aromatic heterocycles. The van der Waals surface area contributed by atoms with Crippen LogP contribution in [0.4, 0.5) is 4.39 Å². The SMILES string of the molecule is Cc1nc(Sc2ccc(F)cc2/C(N)=N/O)oc1C. The van der Waals surface area contributed by atoms with E-state index in [0.717, 1.165) is 11.5 Å². The van der Waals surface area contributed by atoms with Crippen molar-refractivity contribution in [1.29, 1.82) is 0 Å². The number of benzene rings is 1. The third kappa shape index (κ3) is 2.87. The van der Waals surface area contributed by atoms with Crippen LogP contribution >= 0.6 is 11.8 Å². The summed E-state index contributed by atoms with van der Waals surface area (Å²) in [5, 5.41) is 12.0. The van der Waals surface area contributed by atoms with Crippen molar-refractivity contribution in [2.75, 3.05) is 0 Å². The lowest BCUT2D eigenvalue weighted by Crippen LogP contribution is -2.14. The van der Waals surface area contributed by atoms with Gasteiger partial charge in [0.1, 0.15) is 11.6 Å². The van der Waals surface area contributed by atoms with Crippen LogP contribution < -0.4 is 5.73 Å². The van der Waals surface area contributed by atoms with Crippen molar-refractivity contribution in [1.82, 2.24) is 4.98 Å². The number of aryl methyl sites for hydroxylation is 2. The zero-order valence-electron chi connectivity index (χ0n) is 10.3. The Morgan fingerprint density at radius 2 is 2.21 bits per heavy atom. The number of hydrogen-bond donors (Lipinski definition) is 2. The van der Waals surface area contributed by atoms with Gasteiger partial charge in [-0.15, -0.1) is 0 Å². The van der Waals surface area contributed by atoms with E-state index in [-0.39, 0.29) is 5.84 Å². The number of halogens is 1. The highest BCUT2D eigenvalue weighted by Gasteiger charge is 2.14. The average molecular weight is 281 g/mol. The summed E-state index contributed by atoms with van der Waals surface area (Å²) < 4.78 is 18.6. The number of rotatable bonds is 3. The summed E-state index contributed by atoms with van der Waals surface area (Å²) in [6.45, 7) is 3.64. The van der Waals surface area contributed by atoms with Crippen molar-refractivity contribution in [2.24, 2.45) is 10.9 Å². The van der Waals surface area contributed by atoms with Crippen LogP contribution in [0.15, 0.2) is 37.9 Å². The first-order valence-corrected chi connectivity index (χ1v) is 6.22. The maximum atomic E-state index is 13.2. The molecule has 0 radical (unpaired) electrons. The summed E-state index contributed by atoms with van der Waals surface area (Å²) in [7, 11) is 0. The quantitative estimate of drug-likeness (QED) is 0.391. The minimum atomic E-state index is -0.467. The second kappa shape index (κ2) is 5.31. The molecule has 0 bridgehead atoms. The highest BCUT2D eigenvalue weighted by atomic mass is 32.2. The van der Waals surface area contributed by atoms with Gasteiger partial charge in [0.2, 0.25) is 0 Å². The van der Waals surface area contributed by atoms with Gasteiger partial charge in [0, 0.05) is 10.5 Å². The molecule has 0 aliphatic heterocycles. The third-order valence-electron chi connectivity index (χ3n) is 2.53. The summed E-state index contributed by atoms with van der Waals surface area (Å²) >= 11 is 1.19. The van der Waals surface area contributed by atoms with Crippen molar-refractivity contribution in [3.8, 4) is 0 Å². The van der Waals surface area contributed by atoms with Crippen LogP contribution in [0.2, 0.25) is 0 Å². The number of amidine groups is 1. The number of hydrogen-bond acceptors (Lipinski definition) is 5. The van der Waals surface area contributed by atoms with E-state index in [2.05, 4.69) is 10.1 Å². The molecular formula is C12H12FN3O2S. The predicted molar refractivity (Wildman–Crippen MR) is 69.0 cm³/mol. The first-order chi connectivity index (χ1) is 9.01. The highest BCUT2D eigenvalue weighted by Crippen LogP contribution is 2.31. The van der Waals surface area contributed by atoms with Gasteiger partial charge in [0.25, 0.3) is 5.22 Å². The molecule has 1 aromatic carbocycles. The van der Waals surface area contributed by atoms with Crippen molar-refractivity contribution in [2.45, 2.75) is 24.0 Å². The second-order valence-electron chi connectivity index (χ2n) is 3.85. The minimum Gasteiger partial charge on any atom is -0.436 e. The van der Waals surface area contributed by atoms with Crippen LogP contribution in [0.5, 0.6) is 0 Å². The monoisotopic (exact) mass is 281 g/mol. The van der Waals surface area contributed by atoms with Gasteiger partial charge in [-0.3, -0.25) is 0 Å². The molecule has 0 aliphatic rings. The Morgan fingerprint density at radius 1 is 1.47 bits per heavy atom. The van der Waals surface area contributed by atoms with E-state index < -0.39 is 5.82 Å². The maximum Gasteiger partial charge on any atom is 0.261 e. The van der Waals surface area contributed by atoms with Crippen molar-refractivity contribution >= 4 is 17.6 Å². The molecule has 2 rings (SSSR count). The van der Waals surface area contributed by atoms with Crippen molar-refractivity contribution in [3.63, 3.8) is 0 Å². The Kier molecular flexibility index (Phi) is 3.75. The second-order valence-corrected chi connectivity index (χ2v) is 4.84. The van der Waals surface area contributed by atoms with E-state index in [1.165, 1.54) is 30.0 Å². The normalized spacial score (nSPS) is 11.8. The number of aromatic nitrogens is 1. The molecule has 0 saturated heterocycles. The van der Waals surface area contributed by atoms with Crippen LogP contribution in [-0.4, -0.2) is 16.0 Å². The fraction of sp³-hybridized carbons (Fsp3) is 0.167. The molecule has 5 nitrogen and oxygen atoms in total. The minimum absolute atomic E-state index is 0.165. The Balaban J connectivity index is 2.39. The summed E-state index contributed by atoms with van der Waals surface area (Å²) in [5.74, 6) is 0.0858. The number of nitrogens with zero attached hydrogens (tertiary/aromatic N) is 2. The molecule has 0 unspecified atom stereocenters. The topological polar surface area (TPSA) is 84.6 Å². The van der Waals surface area contributed by atoms with Gasteiger partial charge in [0.05, 0.1) is 5.69 Å². The number of oxazole rings is 1. The zero-order chi connectivity index (χ0) is 14.0. The largest absolute Gasteiger partial charge is 0.436 e. The lowest BCUT2D eigenvalue weighted by Gasteiger charge is -2.05. The van der Waals surface area contributed by atoms with Gasteiger partial charge in [0.15, 0.2) is 5.84 Å². The lowest BCUT2D eigenvalue weighted by atomic mass is 10.2. The van der Waals surface area contributed by atoms with E-state index in [4.69, 9.17) is 15.4 Å². The van der Waals surface area contributed by atoms with Gasteiger partial charge in [-0.05, 0) is 43.8 Å². The summed E-state index contributed by atoms with van der Waals surface area (Å²) in [4.78, 5) is 4.81. The van der Waals surface area contributed by atoms with Gasteiger partial charge >= 0.3 is 0 Å². The van der Waals surface area contributed by atoms with Gasteiger partial charge in [-0.2, -0.15) is 0 Å². The van der Waals surface area contributed by atoms with Gasteiger partial charge < -0.3 is 15.4 Å². The average Bonchev–Trinajstić information content (AvgIpc) is 2.69. The number of nitrogens with two attached hydrogens (primary N) is 1. The van der Waals surface area contributed by atoms with E-state index in [1.807, 2.05) is 13.8 Å². The molecule has 0 saturated carbocycles. The lowest BCUT2D eigenvalue weighted by molar-refractivity contribution is 0.318. The molecule has 0 amide bonds. The van der Waals surface area contributed by atoms with Crippen LogP contribution in [0.1, 0.15) is 17.0 Å². The van der Waals surface area contributed by atoms with Gasteiger partial charge in [-0.25, -0.2) is 9.37 Å². The molecule has 0 spiro atoms. The first kappa shape index (κ1) is 13.4. The van der Waals surface area contributed by atoms with E-state index in [1.54, 1.807) is 0 Å².